The van der Waals surface area contributed by atoms with Gasteiger partial charge >= 0.3 is 0 Å². The first-order valence-electron chi connectivity index (χ1n) is 35.8. The van der Waals surface area contributed by atoms with Crippen LogP contribution in [0.5, 0.6) is 63.2 Å². The number of anilines is 3. The molecule has 0 aliphatic carbocycles. The molecule has 15 rings (SSSR count). The van der Waals surface area contributed by atoms with E-state index in [0.29, 0.717) is 0 Å². The fourth-order valence-corrected chi connectivity index (χ4v) is 23.6. The number of nitrogens with two attached hydrogens (primary N) is 2. The monoisotopic (exact) mass is 2530 g/mol. The maximum atomic E-state index is 11.3. The largest absolute Gasteiger partial charge is 0.504 e. The predicted octanol–water partition coefficient (Wildman–Crippen LogP) is 17.2. The summed E-state index contributed by atoms with van der Waals surface area (Å²) in [6.45, 7) is 5.83. The maximum absolute atomic E-state index is 11.3. The Morgan fingerprint density at radius 1 is 0.357 bits per heavy atom. The Bertz CT molecular complexity index is 5070. The molecule has 0 saturated heterocycles. The van der Waals surface area contributed by atoms with E-state index in [1.807, 2.05) is 12.1 Å². The molecule has 5 atom stereocenters. The van der Waals surface area contributed by atoms with E-state index in [1.54, 1.807) is 67.8 Å². The van der Waals surface area contributed by atoms with Crippen molar-refractivity contribution in [3.63, 3.8) is 0 Å². The normalized spacial score (nSPS) is 17.1. The molecular weight excluding hydrogens is 2440 g/mol. The van der Waals surface area contributed by atoms with Gasteiger partial charge in [-0.3, -0.25) is 4.79 Å². The number of fused-ring (bicyclic) bond motifs is 5. The number of nitrogen functional groups attached to an aromatic ring is 2. The number of aromatic hydroxyl groups is 10. The van der Waals surface area contributed by atoms with Gasteiger partial charge in [0, 0.05) is 67.8 Å². The van der Waals surface area contributed by atoms with Gasteiger partial charge in [-0.25, -0.2) is 0 Å². The number of phenolic OH excluding ortho intramolecular Hbond substituents is 10. The Labute approximate surface area is 773 Å². The Morgan fingerprint density at radius 3 is 0.902 bits per heavy atom. The van der Waals surface area contributed by atoms with Gasteiger partial charge in [0.1, 0.15) is 5.75 Å². The van der Waals surface area contributed by atoms with Crippen molar-refractivity contribution in [3.8, 4) is 63.2 Å². The minimum atomic E-state index is -0.0855. The molecule has 590 valence electrons. The van der Waals surface area contributed by atoms with E-state index in [-0.39, 0.29) is 93.6 Å². The van der Waals surface area contributed by atoms with E-state index >= 15 is 0 Å². The van der Waals surface area contributed by atoms with Crippen LogP contribution in [0, 0.1) is 32.1 Å². The van der Waals surface area contributed by atoms with Gasteiger partial charge < -0.3 is 99.2 Å². The van der Waals surface area contributed by atoms with Crippen LogP contribution in [-0.2, 0) is 69.0 Å². The lowest BCUT2D eigenvalue weighted by molar-refractivity contribution is -0.114. The van der Waals surface area contributed by atoms with E-state index in [0.717, 1.165) is 206 Å². The van der Waals surface area contributed by atoms with Crippen molar-refractivity contribution in [2.75, 3.05) is 56.6 Å². The van der Waals surface area contributed by atoms with Crippen molar-refractivity contribution in [2.45, 2.75) is 101 Å². The lowest BCUT2D eigenvalue weighted by Gasteiger charge is -2.28. The molecule has 5 aliphatic rings. The summed E-state index contributed by atoms with van der Waals surface area (Å²) in [5, 5.41) is 118. The molecular formula is C83H83I9N8O12. The number of carbonyl (C=O) groups is 1. The Balaban J connectivity index is 0.000000139. The summed E-state index contributed by atoms with van der Waals surface area (Å²) in [7, 11) is 1.69. The van der Waals surface area contributed by atoms with Crippen molar-refractivity contribution in [1.82, 2.24) is 26.6 Å². The Morgan fingerprint density at radius 2 is 0.616 bits per heavy atom. The third kappa shape index (κ3) is 22.8. The number of nitrogens with one attached hydrogen (secondary N) is 6. The van der Waals surface area contributed by atoms with Crippen molar-refractivity contribution < 1.29 is 60.6 Å². The summed E-state index contributed by atoms with van der Waals surface area (Å²) >= 11 is 20.5. The maximum Gasteiger partial charge on any atom is 0.221 e. The van der Waals surface area contributed by atoms with Gasteiger partial charge in [0.2, 0.25) is 5.91 Å². The number of halogens is 9. The second-order valence-corrected chi connectivity index (χ2v) is 38.4. The SMILES string of the molecule is CC(=O)Nc1c(I)cc(CC2NCCc3cc(O)c(O)cc32)cc1I.COc1c(I)cc(CC2NCCc3cc(O)c(O)cc32)cc1I.Nc1c(I)cc(CC2NCCc3cc(O)c(O)cc32)cc1I.Nc1ccc(CC2NCCc3cc(O)c(O)cc32)cc1I.Oc1cc2c(cc1O)C(Cc1cc(I)cc(I)c1)NCC2. The molecule has 5 unspecified atom stereocenters. The van der Waals surface area contributed by atoms with Crippen molar-refractivity contribution in [2.24, 2.45) is 0 Å². The number of hydrogen-bond donors (Lipinski definition) is 18. The summed E-state index contributed by atoms with van der Waals surface area (Å²) in [4.78, 5) is 11.3. The van der Waals surface area contributed by atoms with Crippen molar-refractivity contribution >= 4 is 226 Å². The fourth-order valence-electron chi connectivity index (χ4n) is 14.6. The van der Waals surface area contributed by atoms with Gasteiger partial charge in [-0.05, 0) is 511 Å². The standard InChI is InChI=1S/C18H18I2N2O3.C17H17I2NO3.C16H16I2N2O2.C16H15I2NO2.C16H17IN2O2/c1-9(23)22-18-13(19)4-10(5-14(18)20)6-15-12-8-17(25)16(24)7-11(12)2-3-21-15;1-23-17-12(18)4-9(5-13(17)19)6-14-11-8-16(22)15(21)7-10(11)2-3-20-14;17-11-3-8(4-12(18)16(11)19)5-13-10-7-15(22)14(21)6-9(10)1-2-20-13;17-11-3-9(4-12(18)7-11)5-14-13-8-16(21)15(20)6-10(13)1-2-19-14;17-12-5-9(1-2-13(12)18)6-14-11-8-16(21)15(20)7-10(11)3-4-19-14/h4-5,7-8,15,21,24-25H,2-3,6H2,1H3,(H,22,23);4-5,7-8,14,20-22H,2-3,6H2,1H3;3-4,6-7,13,20-22H,1-2,5,19H2;3-4,6-8,14,19-21H,1-2,5H2;1-2,5,7-8,14,19-21H,3-4,6,18H2. The number of hydrogen-bond acceptors (Lipinski definition) is 19. The zero-order chi connectivity index (χ0) is 80.5. The summed E-state index contributed by atoms with van der Waals surface area (Å²) < 4.78 is 15.2. The van der Waals surface area contributed by atoms with Crippen LogP contribution >= 0.6 is 203 Å². The third-order valence-electron chi connectivity index (χ3n) is 20.0. The molecule has 5 heterocycles. The number of phenols is 10. The zero-order valence-corrected chi connectivity index (χ0v) is 80.0. The molecule has 29 heteroatoms. The van der Waals surface area contributed by atoms with E-state index in [9.17, 15) is 55.9 Å². The van der Waals surface area contributed by atoms with Gasteiger partial charge in [-0.15, -0.1) is 0 Å². The fraction of sp³-hybridized carbons (Fsp3) is 0.265. The number of carbonyl (C=O) groups excluding carboxylic acids is 1. The Hall–Kier alpha value is -4.56. The van der Waals surface area contributed by atoms with Crippen LogP contribution in [0.1, 0.15) is 121 Å². The molecule has 112 heavy (non-hydrogen) atoms. The first kappa shape index (κ1) is 88.3. The molecule has 0 aromatic heterocycles. The molecule has 5 aliphatic heterocycles. The molecule has 0 spiro atoms. The highest BCUT2D eigenvalue weighted by Gasteiger charge is 2.29. The first-order chi connectivity index (χ1) is 53.4. The highest BCUT2D eigenvalue weighted by Crippen LogP contribution is 2.43. The highest BCUT2D eigenvalue weighted by molar-refractivity contribution is 14.1. The van der Waals surface area contributed by atoms with Crippen LogP contribution in [0.3, 0.4) is 0 Å². The Kier molecular flexibility index (Phi) is 31.7. The zero-order valence-electron chi connectivity index (χ0n) is 60.5. The topological polar surface area (TPSA) is 353 Å². The number of ether oxygens (including phenoxy) is 1. The van der Waals surface area contributed by atoms with Gasteiger partial charge in [0.15, 0.2) is 57.5 Å². The second kappa shape index (κ2) is 40.3. The second-order valence-electron chi connectivity index (χ2n) is 27.8. The van der Waals surface area contributed by atoms with Crippen molar-refractivity contribution in [3.05, 3.63) is 249 Å². The lowest BCUT2D eigenvalue weighted by atomic mass is 9.90. The van der Waals surface area contributed by atoms with Gasteiger partial charge in [-0.2, -0.15) is 0 Å². The number of amides is 1. The predicted molar refractivity (Wildman–Crippen MR) is 516 cm³/mol. The molecule has 1 amide bonds. The summed E-state index contributed by atoms with van der Waals surface area (Å²) in [5.41, 5.74) is 31.2. The average Bonchev–Trinajstić information content (AvgIpc) is 0.808. The third-order valence-corrected chi connectivity index (χ3v) is 27.2. The lowest BCUT2D eigenvalue weighted by Crippen LogP contribution is -2.31. The van der Waals surface area contributed by atoms with Gasteiger partial charge in [-0.1, -0.05) is 6.07 Å². The van der Waals surface area contributed by atoms with E-state index in [2.05, 4.69) is 296 Å². The van der Waals surface area contributed by atoms with E-state index in [4.69, 9.17) is 16.2 Å². The molecule has 10 aromatic rings. The minimum absolute atomic E-state index is 0.0294. The van der Waals surface area contributed by atoms with Crippen LogP contribution in [0.4, 0.5) is 17.1 Å². The van der Waals surface area contributed by atoms with Crippen molar-refractivity contribution in [1.29, 1.82) is 0 Å². The number of benzene rings is 10. The number of methoxy groups -OCH3 is 1. The molecule has 20 nitrogen and oxygen atoms in total. The summed E-state index contributed by atoms with van der Waals surface area (Å²) in [6.07, 6.45) is 8.41. The van der Waals surface area contributed by atoms with Gasteiger partial charge in [0.25, 0.3) is 0 Å². The van der Waals surface area contributed by atoms with Crippen LogP contribution in [0.15, 0.2) is 133 Å². The molecule has 0 radical (unpaired) electrons. The van der Waals surface area contributed by atoms with Crippen LogP contribution in [-0.4, -0.2) is 96.8 Å². The molecule has 0 saturated carbocycles. The average molecular weight is 2530 g/mol. The smallest absolute Gasteiger partial charge is 0.221 e. The summed E-state index contributed by atoms with van der Waals surface area (Å²) in [5.74, 6) is 0.292. The highest BCUT2D eigenvalue weighted by atomic mass is 127. The number of rotatable bonds is 12. The molecule has 10 aromatic carbocycles. The molecule has 0 bridgehead atoms. The summed E-state index contributed by atoms with van der Waals surface area (Å²) in [6, 6.07) is 42.6. The first-order valence-corrected chi connectivity index (χ1v) is 45.5. The molecule has 0 fully saturated rings. The molecule has 20 N–H and O–H groups in total. The van der Waals surface area contributed by atoms with Gasteiger partial charge in [0.05, 0.1) is 25.6 Å². The van der Waals surface area contributed by atoms with Crippen LogP contribution in [0.2, 0.25) is 0 Å². The van der Waals surface area contributed by atoms with E-state index in [1.165, 1.54) is 36.3 Å². The quantitative estimate of drug-likeness (QED) is 0.0307. The minimum Gasteiger partial charge on any atom is -0.504 e. The van der Waals surface area contributed by atoms with Crippen LogP contribution < -0.4 is 48.1 Å². The van der Waals surface area contributed by atoms with Crippen LogP contribution in [0.25, 0.3) is 0 Å². The van der Waals surface area contributed by atoms with E-state index < -0.39 is 0 Å².